The van der Waals surface area contributed by atoms with Crippen molar-refractivity contribution in [3.8, 4) is 5.75 Å². The van der Waals surface area contributed by atoms with E-state index in [9.17, 15) is 10.1 Å². The molecule has 0 aliphatic rings. The fourth-order valence-corrected chi connectivity index (χ4v) is 2.26. The first-order chi connectivity index (χ1) is 11.5. The van der Waals surface area contributed by atoms with E-state index < -0.39 is 4.92 Å². The zero-order chi connectivity index (χ0) is 17.5. The second-order valence-electron chi connectivity index (χ2n) is 5.16. The van der Waals surface area contributed by atoms with Gasteiger partial charge >= 0.3 is 0 Å². The van der Waals surface area contributed by atoms with Gasteiger partial charge in [-0.05, 0) is 43.8 Å². The molecular formula is C17H19N3O3S. The van der Waals surface area contributed by atoms with Gasteiger partial charge in [0.2, 0.25) is 0 Å². The van der Waals surface area contributed by atoms with Crippen LogP contribution in [0.15, 0.2) is 42.5 Å². The van der Waals surface area contributed by atoms with Crippen LogP contribution in [-0.2, 0) is 6.54 Å². The van der Waals surface area contributed by atoms with Crippen molar-refractivity contribution in [3.63, 3.8) is 0 Å². The molecule has 2 rings (SSSR count). The molecule has 0 heterocycles. The quantitative estimate of drug-likeness (QED) is 0.471. The molecular weight excluding hydrogens is 326 g/mol. The molecule has 0 fully saturated rings. The van der Waals surface area contributed by atoms with Crippen molar-refractivity contribution in [1.82, 2.24) is 5.32 Å². The van der Waals surface area contributed by atoms with Gasteiger partial charge in [-0.2, -0.15) is 0 Å². The Morgan fingerprint density at radius 2 is 1.96 bits per heavy atom. The third-order valence-electron chi connectivity index (χ3n) is 3.30. The molecule has 0 spiro atoms. The monoisotopic (exact) mass is 345 g/mol. The summed E-state index contributed by atoms with van der Waals surface area (Å²) in [7, 11) is 0. The average Bonchev–Trinajstić information content (AvgIpc) is 2.56. The molecule has 0 atom stereocenters. The lowest BCUT2D eigenvalue weighted by Crippen LogP contribution is -2.28. The van der Waals surface area contributed by atoms with Gasteiger partial charge in [0, 0.05) is 6.54 Å². The predicted molar refractivity (Wildman–Crippen MR) is 98.5 cm³/mol. The van der Waals surface area contributed by atoms with Crippen molar-refractivity contribution >= 4 is 28.7 Å². The summed E-state index contributed by atoms with van der Waals surface area (Å²) in [4.78, 5) is 10.8. The Morgan fingerprint density at radius 3 is 2.58 bits per heavy atom. The first kappa shape index (κ1) is 17.7. The van der Waals surface area contributed by atoms with Crippen LogP contribution in [-0.4, -0.2) is 16.6 Å². The summed E-state index contributed by atoms with van der Waals surface area (Å²) in [6.45, 7) is 4.83. The number of nitro benzene ring substituents is 1. The van der Waals surface area contributed by atoms with Crippen molar-refractivity contribution < 1.29 is 9.66 Å². The second kappa shape index (κ2) is 8.26. The topological polar surface area (TPSA) is 76.4 Å². The molecule has 6 nitrogen and oxygen atoms in total. The van der Waals surface area contributed by atoms with Gasteiger partial charge in [-0.15, -0.1) is 0 Å². The van der Waals surface area contributed by atoms with E-state index in [1.54, 1.807) is 12.1 Å². The molecule has 2 aromatic carbocycles. The molecule has 0 aromatic heterocycles. The van der Waals surface area contributed by atoms with Crippen LogP contribution in [0.3, 0.4) is 0 Å². The zero-order valence-corrected chi connectivity index (χ0v) is 14.4. The SMILES string of the molecule is CCOc1ccc(NC(=S)NCc2ccc(C)cc2)c([N+](=O)[O-])c1. The highest BCUT2D eigenvalue weighted by Gasteiger charge is 2.16. The molecule has 0 unspecified atom stereocenters. The van der Waals surface area contributed by atoms with E-state index in [0.717, 1.165) is 5.56 Å². The van der Waals surface area contributed by atoms with Gasteiger partial charge in [0.25, 0.3) is 5.69 Å². The summed E-state index contributed by atoms with van der Waals surface area (Å²) in [5.74, 6) is 0.452. The van der Waals surface area contributed by atoms with Gasteiger partial charge in [-0.1, -0.05) is 29.8 Å². The highest BCUT2D eigenvalue weighted by Crippen LogP contribution is 2.29. The van der Waals surface area contributed by atoms with E-state index in [4.69, 9.17) is 17.0 Å². The summed E-state index contributed by atoms with van der Waals surface area (Å²) in [5, 5.41) is 17.4. The van der Waals surface area contributed by atoms with Crippen molar-refractivity contribution in [2.45, 2.75) is 20.4 Å². The van der Waals surface area contributed by atoms with Crippen LogP contribution in [0.4, 0.5) is 11.4 Å². The van der Waals surface area contributed by atoms with E-state index in [-0.39, 0.29) is 5.69 Å². The summed E-state index contributed by atoms with van der Waals surface area (Å²) in [6, 6.07) is 12.7. The van der Waals surface area contributed by atoms with E-state index in [0.29, 0.717) is 29.7 Å². The molecule has 0 aliphatic heterocycles. The minimum absolute atomic E-state index is 0.0829. The van der Waals surface area contributed by atoms with Crippen molar-refractivity contribution in [1.29, 1.82) is 0 Å². The van der Waals surface area contributed by atoms with Crippen LogP contribution in [0.1, 0.15) is 18.1 Å². The number of ether oxygens (including phenoxy) is 1. The number of hydrogen-bond acceptors (Lipinski definition) is 4. The summed E-state index contributed by atoms with van der Waals surface area (Å²) >= 11 is 5.22. The Labute approximate surface area is 146 Å². The molecule has 2 aromatic rings. The highest BCUT2D eigenvalue weighted by atomic mass is 32.1. The van der Waals surface area contributed by atoms with E-state index >= 15 is 0 Å². The summed E-state index contributed by atoms with van der Waals surface area (Å²) in [5.41, 5.74) is 2.50. The number of anilines is 1. The maximum absolute atomic E-state index is 11.2. The largest absolute Gasteiger partial charge is 0.494 e. The number of aryl methyl sites for hydroxylation is 1. The maximum Gasteiger partial charge on any atom is 0.296 e. The van der Waals surface area contributed by atoms with Crippen LogP contribution in [0, 0.1) is 17.0 Å². The molecule has 0 saturated carbocycles. The normalized spacial score (nSPS) is 10.1. The van der Waals surface area contributed by atoms with E-state index in [1.165, 1.54) is 11.6 Å². The van der Waals surface area contributed by atoms with Crippen LogP contribution in [0.2, 0.25) is 0 Å². The van der Waals surface area contributed by atoms with E-state index in [1.807, 2.05) is 38.1 Å². The Hall–Kier alpha value is -2.67. The van der Waals surface area contributed by atoms with Crippen LogP contribution in [0.5, 0.6) is 5.75 Å². The average molecular weight is 345 g/mol. The number of rotatable bonds is 6. The molecule has 2 N–H and O–H groups in total. The molecule has 0 radical (unpaired) electrons. The second-order valence-corrected chi connectivity index (χ2v) is 5.57. The number of nitrogens with one attached hydrogen (secondary N) is 2. The first-order valence-corrected chi connectivity index (χ1v) is 7.92. The zero-order valence-electron chi connectivity index (χ0n) is 13.5. The number of nitro groups is 1. The molecule has 24 heavy (non-hydrogen) atoms. The molecule has 0 bridgehead atoms. The lowest BCUT2D eigenvalue weighted by Gasteiger charge is -2.12. The third-order valence-corrected chi connectivity index (χ3v) is 3.55. The fraction of sp³-hybridized carbons (Fsp3) is 0.235. The van der Waals surface area contributed by atoms with Crippen molar-refractivity contribution in [3.05, 3.63) is 63.7 Å². The number of hydrogen-bond donors (Lipinski definition) is 2. The molecule has 0 saturated heterocycles. The van der Waals surface area contributed by atoms with Crippen LogP contribution in [0.25, 0.3) is 0 Å². The highest BCUT2D eigenvalue weighted by molar-refractivity contribution is 7.80. The number of thiocarbonyl (C=S) groups is 1. The maximum atomic E-state index is 11.2. The van der Waals surface area contributed by atoms with Gasteiger partial charge in [0.15, 0.2) is 5.11 Å². The molecule has 0 aliphatic carbocycles. The fourth-order valence-electron chi connectivity index (χ4n) is 2.08. The summed E-state index contributed by atoms with van der Waals surface area (Å²) in [6.07, 6.45) is 0. The lowest BCUT2D eigenvalue weighted by molar-refractivity contribution is -0.384. The third kappa shape index (κ3) is 4.92. The Kier molecular flexibility index (Phi) is 6.08. The van der Waals surface area contributed by atoms with E-state index in [2.05, 4.69) is 10.6 Å². The standard InChI is InChI=1S/C17H19N3O3S/c1-3-23-14-8-9-15(16(10-14)20(21)22)19-17(24)18-11-13-6-4-12(2)5-7-13/h4-10H,3,11H2,1-2H3,(H2,18,19,24). The van der Waals surface area contributed by atoms with Crippen molar-refractivity contribution in [2.75, 3.05) is 11.9 Å². The van der Waals surface area contributed by atoms with Gasteiger partial charge in [0.1, 0.15) is 11.4 Å². The minimum atomic E-state index is -0.465. The number of benzene rings is 2. The van der Waals surface area contributed by atoms with Crippen LogP contribution < -0.4 is 15.4 Å². The first-order valence-electron chi connectivity index (χ1n) is 7.51. The molecule has 126 valence electrons. The summed E-state index contributed by atoms with van der Waals surface area (Å²) < 4.78 is 5.29. The van der Waals surface area contributed by atoms with Gasteiger partial charge in [0.05, 0.1) is 17.6 Å². The Balaban J connectivity index is 2.02. The smallest absolute Gasteiger partial charge is 0.296 e. The van der Waals surface area contributed by atoms with Crippen LogP contribution >= 0.6 is 12.2 Å². The Bertz CT molecular complexity index is 732. The number of nitrogens with zero attached hydrogens (tertiary/aromatic N) is 1. The van der Waals surface area contributed by atoms with Gasteiger partial charge in [-0.25, -0.2) is 0 Å². The van der Waals surface area contributed by atoms with Gasteiger partial charge < -0.3 is 15.4 Å². The minimum Gasteiger partial charge on any atom is -0.494 e. The predicted octanol–water partition coefficient (Wildman–Crippen LogP) is 3.79. The Morgan fingerprint density at radius 1 is 1.25 bits per heavy atom. The lowest BCUT2D eigenvalue weighted by atomic mass is 10.1. The molecule has 7 heteroatoms. The van der Waals surface area contributed by atoms with Gasteiger partial charge in [-0.3, -0.25) is 10.1 Å². The molecule has 0 amide bonds. The van der Waals surface area contributed by atoms with Crippen molar-refractivity contribution in [2.24, 2.45) is 0 Å².